The molecule has 2 aromatic rings. The second-order valence-corrected chi connectivity index (χ2v) is 4.73. The van der Waals surface area contributed by atoms with Crippen molar-refractivity contribution < 1.29 is 14.3 Å². The van der Waals surface area contributed by atoms with Gasteiger partial charge in [0.15, 0.2) is 0 Å². The van der Waals surface area contributed by atoms with Crippen molar-refractivity contribution in [2.45, 2.75) is 25.7 Å². The van der Waals surface area contributed by atoms with Crippen LogP contribution in [-0.2, 0) is 9.53 Å². The number of esters is 1. The van der Waals surface area contributed by atoms with E-state index in [2.05, 4.69) is 15.0 Å². The maximum absolute atomic E-state index is 11.9. The van der Waals surface area contributed by atoms with Gasteiger partial charge in [-0.05, 0) is 25.0 Å². The number of aromatic nitrogens is 2. The summed E-state index contributed by atoms with van der Waals surface area (Å²) in [4.78, 5) is 27.1. The fraction of sp³-hybridized carbons (Fsp3) is 0.400. The van der Waals surface area contributed by atoms with Gasteiger partial charge in [-0.2, -0.15) is 0 Å². The summed E-state index contributed by atoms with van der Waals surface area (Å²) in [6.07, 6.45) is 6.47. The van der Waals surface area contributed by atoms with Crippen LogP contribution < -0.4 is 5.32 Å². The fourth-order valence-electron chi connectivity index (χ4n) is 2.01. The van der Waals surface area contributed by atoms with Crippen LogP contribution in [0.15, 0.2) is 30.6 Å². The van der Waals surface area contributed by atoms with Crippen LogP contribution in [0.3, 0.4) is 0 Å². The molecule has 2 aromatic heterocycles. The number of carbonyl (C=O) groups is 2. The molecule has 0 aliphatic carbocycles. The minimum atomic E-state index is -0.191. The molecule has 1 N–H and O–H groups in total. The first-order valence-corrected chi connectivity index (χ1v) is 6.99. The molecule has 0 radical (unpaired) electrons. The van der Waals surface area contributed by atoms with E-state index in [0.29, 0.717) is 18.7 Å². The molecule has 0 spiro atoms. The summed E-state index contributed by atoms with van der Waals surface area (Å²) in [6, 6.07) is 5.62. The van der Waals surface area contributed by atoms with Gasteiger partial charge in [0.2, 0.25) is 0 Å². The minimum Gasteiger partial charge on any atom is -0.469 e. The number of hydrogen-bond donors (Lipinski definition) is 1. The first kappa shape index (κ1) is 15.0. The number of methoxy groups -OCH3 is 1. The first-order chi connectivity index (χ1) is 10.2. The van der Waals surface area contributed by atoms with E-state index in [1.54, 1.807) is 6.20 Å². The molecule has 0 aromatic carbocycles. The Kier molecular flexibility index (Phi) is 5.31. The zero-order chi connectivity index (χ0) is 15.1. The van der Waals surface area contributed by atoms with Crippen molar-refractivity contribution in [2.24, 2.45) is 0 Å². The Morgan fingerprint density at radius 1 is 1.29 bits per heavy atom. The highest BCUT2D eigenvalue weighted by Crippen LogP contribution is 2.05. The quantitative estimate of drug-likeness (QED) is 0.623. The van der Waals surface area contributed by atoms with Gasteiger partial charge in [0.05, 0.1) is 7.11 Å². The summed E-state index contributed by atoms with van der Waals surface area (Å²) in [6.45, 7) is 0.577. The molecule has 0 unspecified atom stereocenters. The van der Waals surface area contributed by atoms with Crippen molar-refractivity contribution in [2.75, 3.05) is 13.7 Å². The second kappa shape index (κ2) is 7.42. The maximum Gasteiger partial charge on any atom is 0.305 e. The zero-order valence-electron chi connectivity index (χ0n) is 12.0. The summed E-state index contributed by atoms with van der Waals surface area (Å²) in [5, 5.41) is 2.83. The van der Waals surface area contributed by atoms with Crippen molar-refractivity contribution >= 4 is 17.5 Å². The highest BCUT2D eigenvalue weighted by atomic mass is 16.5. The molecule has 0 saturated heterocycles. The van der Waals surface area contributed by atoms with Gasteiger partial charge < -0.3 is 14.5 Å². The van der Waals surface area contributed by atoms with E-state index in [0.717, 1.165) is 24.9 Å². The van der Waals surface area contributed by atoms with E-state index >= 15 is 0 Å². The summed E-state index contributed by atoms with van der Waals surface area (Å²) < 4.78 is 6.37. The van der Waals surface area contributed by atoms with E-state index in [9.17, 15) is 9.59 Å². The lowest BCUT2D eigenvalue weighted by molar-refractivity contribution is -0.140. The Balaban J connectivity index is 1.71. The molecular formula is C15H19N3O3. The number of imidazole rings is 1. The number of carbonyl (C=O) groups excluding carboxylic acids is 2. The van der Waals surface area contributed by atoms with Crippen molar-refractivity contribution in [3.8, 4) is 0 Å². The standard InChI is InChI=1S/C15H19N3O3/c1-21-14(19)8-3-2-5-9-16-15(20)12-11-18-10-6-4-7-13(18)17-12/h4,6-7,10-11H,2-3,5,8-9H2,1H3,(H,16,20). The number of fused-ring (bicyclic) bond motifs is 1. The summed E-state index contributed by atoms with van der Waals surface area (Å²) in [5.74, 6) is -0.365. The Labute approximate surface area is 123 Å². The van der Waals surface area contributed by atoms with Crippen molar-refractivity contribution in [1.29, 1.82) is 0 Å². The molecule has 0 aliphatic rings. The molecule has 112 valence electrons. The van der Waals surface area contributed by atoms with Gasteiger partial charge in [0.1, 0.15) is 11.3 Å². The van der Waals surface area contributed by atoms with Crippen LogP contribution in [0, 0.1) is 0 Å². The molecule has 0 atom stereocenters. The average molecular weight is 289 g/mol. The molecule has 1 amide bonds. The van der Waals surface area contributed by atoms with Crippen LogP contribution in [0.25, 0.3) is 5.65 Å². The molecule has 2 heterocycles. The van der Waals surface area contributed by atoms with Crippen LogP contribution in [0.5, 0.6) is 0 Å². The van der Waals surface area contributed by atoms with E-state index in [1.807, 2.05) is 28.8 Å². The summed E-state index contributed by atoms with van der Waals surface area (Å²) >= 11 is 0. The van der Waals surface area contributed by atoms with Crippen molar-refractivity contribution in [3.63, 3.8) is 0 Å². The molecule has 0 saturated carbocycles. The van der Waals surface area contributed by atoms with Gasteiger partial charge in [0, 0.05) is 25.4 Å². The zero-order valence-corrected chi connectivity index (χ0v) is 12.0. The Morgan fingerprint density at radius 3 is 2.90 bits per heavy atom. The van der Waals surface area contributed by atoms with Gasteiger partial charge in [-0.1, -0.05) is 12.5 Å². The van der Waals surface area contributed by atoms with Crippen molar-refractivity contribution in [1.82, 2.24) is 14.7 Å². The van der Waals surface area contributed by atoms with Gasteiger partial charge >= 0.3 is 5.97 Å². The van der Waals surface area contributed by atoms with Crippen LogP contribution in [0.2, 0.25) is 0 Å². The topological polar surface area (TPSA) is 72.7 Å². The lowest BCUT2D eigenvalue weighted by atomic mass is 10.2. The van der Waals surface area contributed by atoms with Gasteiger partial charge in [-0.3, -0.25) is 9.59 Å². The normalized spacial score (nSPS) is 10.5. The molecule has 6 nitrogen and oxygen atoms in total. The van der Waals surface area contributed by atoms with E-state index in [-0.39, 0.29) is 11.9 Å². The Morgan fingerprint density at radius 2 is 2.14 bits per heavy atom. The number of amides is 1. The van der Waals surface area contributed by atoms with Gasteiger partial charge in [0.25, 0.3) is 5.91 Å². The average Bonchev–Trinajstić information content (AvgIpc) is 2.94. The highest BCUT2D eigenvalue weighted by Gasteiger charge is 2.09. The van der Waals surface area contributed by atoms with Gasteiger partial charge in [-0.25, -0.2) is 4.98 Å². The molecule has 21 heavy (non-hydrogen) atoms. The smallest absolute Gasteiger partial charge is 0.305 e. The lowest BCUT2D eigenvalue weighted by Crippen LogP contribution is -2.24. The van der Waals surface area contributed by atoms with E-state index in [4.69, 9.17) is 0 Å². The van der Waals surface area contributed by atoms with Crippen molar-refractivity contribution in [3.05, 3.63) is 36.3 Å². The minimum absolute atomic E-state index is 0.174. The fourth-order valence-corrected chi connectivity index (χ4v) is 2.01. The number of hydrogen-bond acceptors (Lipinski definition) is 4. The largest absolute Gasteiger partial charge is 0.469 e. The van der Waals surface area contributed by atoms with E-state index in [1.165, 1.54) is 7.11 Å². The molecule has 0 aliphatic heterocycles. The first-order valence-electron chi connectivity index (χ1n) is 6.99. The van der Waals surface area contributed by atoms with E-state index < -0.39 is 0 Å². The number of unbranched alkanes of at least 4 members (excludes halogenated alkanes) is 2. The van der Waals surface area contributed by atoms with Gasteiger partial charge in [-0.15, -0.1) is 0 Å². The number of ether oxygens (including phenoxy) is 1. The molecule has 6 heteroatoms. The Bertz CT molecular complexity index is 588. The van der Waals surface area contributed by atoms with Crippen LogP contribution in [0.4, 0.5) is 0 Å². The number of nitrogens with zero attached hydrogens (tertiary/aromatic N) is 2. The predicted molar refractivity (Wildman–Crippen MR) is 78.0 cm³/mol. The third-order valence-corrected chi connectivity index (χ3v) is 3.17. The molecule has 0 bridgehead atoms. The summed E-state index contributed by atoms with van der Waals surface area (Å²) in [7, 11) is 1.39. The Hall–Kier alpha value is -2.37. The lowest BCUT2D eigenvalue weighted by Gasteiger charge is -2.03. The molecular weight excluding hydrogens is 270 g/mol. The second-order valence-electron chi connectivity index (χ2n) is 4.73. The van der Waals surface area contributed by atoms with Crippen LogP contribution in [-0.4, -0.2) is 34.9 Å². The van der Waals surface area contributed by atoms with Crippen LogP contribution in [0.1, 0.15) is 36.2 Å². The summed E-state index contributed by atoms with van der Waals surface area (Å²) in [5.41, 5.74) is 1.16. The number of pyridine rings is 1. The number of rotatable bonds is 7. The monoisotopic (exact) mass is 289 g/mol. The van der Waals surface area contributed by atoms with Crippen LogP contribution >= 0.6 is 0 Å². The highest BCUT2D eigenvalue weighted by molar-refractivity contribution is 5.92. The predicted octanol–water partition coefficient (Wildman–Crippen LogP) is 1.80. The third kappa shape index (κ3) is 4.30. The maximum atomic E-state index is 11.9. The number of nitrogens with one attached hydrogen (secondary N) is 1. The molecule has 2 rings (SSSR count). The SMILES string of the molecule is COC(=O)CCCCCNC(=O)c1cn2ccccc2n1. The third-order valence-electron chi connectivity index (χ3n) is 3.17. The molecule has 0 fully saturated rings.